The van der Waals surface area contributed by atoms with Crippen molar-refractivity contribution in [1.29, 1.82) is 0 Å². The number of alkyl halides is 3. The molecule has 0 radical (unpaired) electrons. The molecule has 11 heteroatoms. The third-order valence-corrected chi connectivity index (χ3v) is 8.26. The van der Waals surface area contributed by atoms with Crippen LogP contribution in [-0.2, 0) is 17.4 Å². The molecule has 0 bridgehead atoms. The Hall–Kier alpha value is -3.57. The number of nitrogens with one attached hydrogen (secondary N) is 3. The van der Waals surface area contributed by atoms with Crippen molar-refractivity contribution in [1.82, 2.24) is 19.7 Å². The molecule has 0 unspecified atom stereocenters. The minimum atomic E-state index is -4.43. The Balaban J connectivity index is 1.32. The predicted molar refractivity (Wildman–Crippen MR) is 140 cm³/mol. The van der Waals surface area contributed by atoms with Crippen LogP contribution >= 0.6 is 23.3 Å². The quantitative estimate of drug-likeness (QED) is 0.207. The number of carbonyl (C=O) groups excluding carboxylic acids is 1. The number of hydrogen-bond donors (Lipinski definition) is 3. The SMILES string of the molecule is O=C1C[C@@H](c2ccc(C[C@H](Nc3nc4ccccc4s3)c3nc4ccc(C(F)(F)F)cc4[nH]3)cc2)SN1. The monoisotopic (exact) mass is 539 g/mol. The van der Waals surface area contributed by atoms with E-state index in [0.29, 0.717) is 34.8 Å². The molecule has 37 heavy (non-hydrogen) atoms. The zero-order valence-corrected chi connectivity index (χ0v) is 20.8. The fourth-order valence-corrected chi connectivity index (χ4v) is 6.15. The first-order valence-corrected chi connectivity index (χ1v) is 13.2. The second kappa shape index (κ2) is 9.38. The number of para-hydroxylation sites is 1. The molecule has 0 aliphatic carbocycles. The summed E-state index contributed by atoms with van der Waals surface area (Å²) in [6, 6.07) is 19.0. The van der Waals surface area contributed by atoms with E-state index in [-0.39, 0.29) is 17.2 Å². The van der Waals surface area contributed by atoms with Gasteiger partial charge in [0.25, 0.3) is 0 Å². The highest BCUT2D eigenvalue weighted by molar-refractivity contribution is 7.98. The second-order valence-electron chi connectivity index (χ2n) is 8.82. The Morgan fingerprint density at radius 3 is 2.57 bits per heavy atom. The normalized spacial score (nSPS) is 16.8. The lowest BCUT2D eigenvalue weighted by molar-refractivity contribution is -0.137. The zero-order chi connectivity index (χ0) is 25.6. The van der Waals surface area contributed by atoms with Gasteiger partial charge in [0.2, 0.25) is 5.91 Å². The van der Waals surface area contributed by atoms with Crippen molar-refractivity contribution in [3.63, 3.8) is 0 Å². The van der Waals surface area contributed by atoms with Crippen LogP contribution in [0, 0.1) is 0 Å². The van der Waals surface area contributed by atoms with E-state index in [1.165, 1.54) is 29.4 Å². The number of fused-ring (bicyclic) bond motifs is 2. The molecule has 6 rings (SSSR count). The Labute approximate surface area is 217 Å². The summed E-state index contributed by atoms with van der Waals surface area (Å²) >= 11 is 2.92. The van der Waals surface area contributed by atoms with Crippen molar-refractivity contribution in [3.05, 3.63) is 89.2 Å². The number of halogens is 3. The van der Waals surface area contributed by atoms with Gasteiger partial charge in [-0.1, -0.05) is 47.7 Å². The fraction of sp³-hybridized carbons (Fsp3) is 0.192. The van der Waals surface area contributed by atoms with Crippen LogP contribution in [0.15, 0.2) is 66.7 Å². The van der Waals surface area contributed by atoms with Crippen molar-refractivity contribution in [2.45, 2.75) is 30.3 Å². The first-order chi connectivity index (χ1) is 17.8. The molecule has 1 aliphatic heterocycles. The van der Waals surface area contributed by atoms with Crippen molar-refractivity contribution in [2.75, 3.05) is 5.32 Å². The van der Waals surface area contributed by atoms with E-state index < -0.39 is 11.7 Å². The number of rotatable bonds is 6. The molecule has 1 amide bonds. The van der Waals surface area contributed by atoms with Gasteiger partial charge in [-0.15, -0.1) is 0 Å². The third kappa shape index (κ3) is 5.01. The molecule has 1 aliphatic rings. The average Bonchev–Trinajstić information content (AvgIpc) is 3.60. The van der Waals surface area contributed by atoms with E-state index in [0.717, 1.165) is 33.5 Å². The number of thiazole rings is 1. The summed E-state index contributed by atoms with van der Waals surface area (Å²) in [6.45, 7) is 0. The van der Waals surface area contributed by atoms with Crippen molar-refractivity contribution in [3.8, 4) is 0 Å². The molecule has 188 valence electrons. The van der Waals surface area contributed by atoms with E-state index in [4.69, 9.17) is 0 Å². The van der Waals surface area contributed by atoms with E-state index in [2.05, 4.69) is 25.0 Å². The van der Waals surface area contributed by atoms with Gasteiger partial charge in [0.05, 0.1) is 38.1 Å². The fourth-order valence-electron chi connectivity index (χ4n) is 4.35. The van der Waals surface area contributed by atoms with Crippen molar-refractivity contribution >= 4 is 55.6 Å². The minimum absolute atomic E-state index is 0.0257. The molecule has 2 aromatic heterocycles. The number of nitrogens with zero attached hydrogens (tertiary/aromatic N) is 2. The molecular formula is C26H20F3N5OS2. The van der Waals surface area contributed by atoms with Crippen LogP contribution in [0.4, 0.5) is 18.3 Å². The maximum atomic E-state index is 13.2. The molecule has 5 aromatic rings. The highest BCUT2D eigenvalue weighted by Gasteiger charge is 2.31. The third-order valence-electron chi connectivity index (χ3n) is 6.23. The number of benzene rings is 3. The first kappa shape index (κ1) is 23.8. The Kier molecular flexibility index (Phi) is 6.04. The Morgan fingerprint density at radius 1 is 1.03 bits per heavy atom. The van der Waals surface area contributed by atoms with Crippen LogP contribution in [-0.4, -0.2) is 20.9 Å². The molecule has 0 spiro atoms. The van der Waals surface area contributed by atoms with Gasteiger partial charge < -0.3 is 10.3 Å². The summed E-state index contributed by atoms with van der Waals surface area (Å²) in [6.07, 6.45) is -3.46. The minimum Gasteiger partial charge on any atom is -0.351 e. The molecular weight excluding hydrogens is 519 g/mol. The van der Waals surface area contributed by atoms with Crippen LogP contribution in [0.5, 0.6) is 0 Å². The van der Waals surface area contributed by atoms with Crippen LogP contribution in [0.25, 0.3) is 21.3 Å². The maximum Gasteiger partial charge on any atom is 0.416 e. The number of anilines is 1. The Bertz CT molecular complexity index is 1560. The molecule has 3 aromatic carbocycles. The number of aromatic nitrogens is 3. The molecule has 1 saturated heterocycles. The molecule has 3 heterocycles. The highest BCUT2D eigenvalue weighted by atomic mass is 32.2. The van der Waals surface area contributed by atoms with Gasteiger partial charge in [0, 0.05) is 6.42 Å². The number of amides is 1. The van der Waals surface area contributed by atoms with Gasteiger partial charge in [-0.3, -0.25) is 9.52 Å². The largest absolute Gasteiger partial charge is 0.416 e. The molecule has 1 fully saturated rings. The van der Waals surface area contributed by atoms with E-state index in [1.54, 1.807) is 0 Å². The van der Waals surface area contributed by atoms with Gasteiger partial charge in [0.1, 0.15) is 5.82 Å². The van der Waals surface area contributed by atoms with Gasteiger partial charge in [-0.25, -0.2) is 9.97 Å². The average molecular weight is 540 g/mol. The van der Waals surface area contributed by atoms with Crippen LogP contribution in [0.3, 0.4) is 0 Å². The molecule has 3 N–H and O–H groups in total. The van der Waals surface area contributed by atoms with Gasteiger partial charge >= 0.3 is 6.18 Å². The summed E-state index contributed by atoms with van der Waals surface area (Å²) in [5.74, 6) is 0.552. The summed E-state index contributed by atoms with van der Waals surface area (Å²) in [5.41, 5.74) is 3.01. The zero-order valence-electron chi connectivity index (χ0n) is 19.2. The summed E-state index contributed by atoms with van der Waals surface area (Å²) in [5, 5.41) is 4.23. The van der Waals surface area contributed by atoms with Crippen LogP contribution in [0.1, 0.15) is 40.2 Å². The lowest BCUT2D eigenvalue weighted by Crippen LogP contribution is -2.15. The molecule has 2 atom stereocenters. The smallest absolute Gasteiger partial charge is 0.351 e. The topological polar surface area (TPSA) is 82.7 Å². The summed E-state index contributed by atoms with van der Waals surface area (Å²) < 4.78 is 43.5. The van der Waals surface area contributed by atoms with Gasteiger partial charge in [-0.05, 0) is 59.8 Å². The van der Waals surface area contributed by atoms with Crippen LogP contribution in [0.2, 0.25) is 0 Å². The lowest BCUT2D eigenvalue weighted by atomic mass is 10.0. The summed E-state index contributed by atoms with van der Waals surface area (Å²) in [4.78, 5) is 23.9. The van der Waals surface area contributed by atoms with Gasteiger partial charge in [-0.2, -0.15) is 13.2 Å². The number of carbonyl (C=O) groups is 1. The predicted octanol–water partition coefficient (Wildman–Crippen LogP) is 6.80. The van der Waals surface area contributed by atoms with Crippen molar-refractivity contribution < 1.29 is 18.0 Å². The Morgan fingerprint density at radius 2 is 1.84 bits per heavy atom. The van der Waals surface area contributed by atoms with E-state index in [9.17, 15) is 18.0 Å². The number of imidazole rings is 1. The van der Waals surface area contributed by atoms with E-state index >= 15 is 0 Å². The van der Waals surface area contributed by atoms with Gasteiger partial charge in [0.15, 0.2) is 5.13 Å². The maximum absolute atomic E-state index is 13.2. The number of aromatic amines is 1. The lowest BCUT2D eigenvalue weighted by Gasteiger charge is -2.17. The number of H-pyrrole nitrogens is 1. The second-order valence-corrected chi connectivity index (χ2v) is 10.9. The molecule has 0 saturated carbocycles. The first-order valence-electron chi connectivity index (χ1n) is 11.5. The highest BCUT2D eigenvalue weighted by Crippen LogP contribution is 2.36. The van der Waals surface area contributed by atoms with Crippen molar-refractivity contribution in [2.24, 2.45) is 0 Å². The number of hydrogen-bond acceptors (Lipinski definition) is 6. The van der Waals surface area contributed by atoms with E-state index in [1.807, 2.05) is 48.5 Å². The molecule has 6 nitrogen and oxygen atoms in total. The summed E-state index contributed by atoms with van der Waals surface area (Å²) in [7, 11) is 0. The standard InChI is InChI=1S/C26H20F3N5OS2/c27-26(28,29)16-9-10-17-19(12-16)31-24(30-17)20(33-25-32-18-3-1-2-4-21(18)36-25)11-14-5-7-15(8-6-14)22-13-23(35)34-37-22/h1-10,12,20,22H,11,13H2,(H,30,31)(H,32,33)(H,34,35)/t20-,22-/m0/s1. The van der Waals surface area contributed by atoms with Crippen LogP contribution < -0.4 is 10.0 Å².